The van der Waals surface area contributed by atoms with Gasteiger partial charge in [-0.3, -0.25) is 4.90 Å². The van der Waals surface area contributed by atoms with E-state index in [1.54, 1.807) is 0 Å². The normalized spacial score (nSPS) is 22.5. The molecular formula is C17H25NO4. The minimum atomic E-state index is -0.474. The molecule has 0 saturated carbocycles. The Kier molecular flexibility index (Phi) is 5.05. The third-order valence-electron chi connectivity index (χ3n) is 4.45. The van der Waals surface area contributed by atoms with Crippen molar-refractivity contribution in [2.75, 3.05) is 26.5 Å². The summed E-state index contributed by atoms with van der Waals surface area (Å²) < 4.78 is 16.3. The van der Waals surface area contributed by atoms with Crippen molar-refractivity contribution in [3.05, 3.63) is 18.2 Å². The van der Waals surface area contributed by atoms with Gasteiger partial charge < -0.3 is 19.3 Å². The molecular weight excluding hydrogens is 282 g/mol. The van der Waals surface area contributed by atoms with Gasteiger partial charge in [0.15, 0.2) is 11.5 Å². The van der Waals surface area contributed by atoms with Gasteiger partial charge in [0, 0.05) is 18.7 Å². The number of hydrogen-bond acceptors (Lipinski definition) is 5. The standard InChI is InChI=1S/C17H25NO4/c1-2-13-5-3-4-8-18(13)10-14(19)11-20-15-6-7-16-17(9-15)22-12-21-16/h6-7,9,13-14,19H,2-5,8,10-12H2,1H3/t13-,14-/m1/s1. The number of β-amino-alcohol motifs (C(OH)–C–C–N with tert-alkyl or cyclic N) is 1. The fraction of sp³-hybridized carbons (Fsp3) is 0.647. The molecule has 122 valence electrons. The number of hydrogen-bond donors (Lipinski definition) is 1. The Hall–Kier alpha value is -1.46. The van der Waals surface area contributed by atoms with Gasteiger partial charge in [0.05, 0.1) is 0 Å². The second-order valence-corrected chi connectivity index (χ2v) is 6.03. The summed E-state index contributed by atoms with van der Waals surface area (Å²) in [5.74, 6) is 2.15. The molecule has 2 aliphatic heterocycles. The molecule has 0 spiro atoms. The van der Waals surface area contributed by atoms with Crippen molar-refractivity contribution < 1.29 is 19.3 Å². The average molecular weight is 307 g/mol. The molecule has 5 nitrogen and oxygen atoms in total. The first-order valence-electron chi connectivity index (χ1n) is 8.21. The number of likely N-dealkylation sites (tertiary alicyclic amines) is 1. The van der Waals surface area contributed by atoms with Crippen molar-refractivity contribution in [3.63, 3.8) is 0 Å². The lowest BCUT2D eigenvalue weighted by molar-refractivity contribution is 0.0387. The number of aliphatic hydroxyl groups is 1. The Balaban J connectivity index is 1.48. The summed E-state index contributed by atoms with van der Waals surface area (Å²) in [5.41, 5.74) is 0. The number of benzene rings is 1. The predicted molar refractivity (Wildman–Crippen MR) is 83.6 cm³/mol. The van der Waals surface area contributed by atoms with Crippen molar-refractivity contribution in [1.29, 1.82) is 0 Å². The van der Waals surface area contributed by atoms with Crippen LogP contribution >= 0.6 is 0 Å². The summed E-state index contributed by atoms with van der Waals surface area (Å²) in [4.78, 5) is 2.40. The van der Waals surface area contributed by atoms with Crippen LogP contribution < -0.4 is 14.2 Å². The van der Waals surface area contributed by atoms with Crippen LogP contribution in [0.3, 0.4) is 0 Å². The van der Waals surface area contributed by atoms with E-state index in [0.717, 1.165) is 18.7 Å². The maximum atomic E-state index is 10.2. The van der Waals surface area contributed by atoms with Gasteiger partial charge in [0.25, 0.3) is 0 Å². The maximum Gasteiger partial charge on any atom is 0.231 e. The first-order valence-corrected chi connectivity index (χ1v) is 8.21. The molecule has 0 aliphatic carbocycles. The summed E-state index contributed by atoms with van der Waals surface area (Å²) in [7, 11) is 0. The summed E-state index contributed by atoms with van der Waals surface area (Å²) in [6.45, 7) is 4.54. The van der Waals surface area contributed by atoms with Crippen molar-refractivity contribution in [3.8, 4) is 17.2 Å². The lowest BCUT2D eigenvalue weighted by atomic mass is 10.00. The van der Waals surface area contributed by atoms with Gasteiger partial charge in [-0.2, -0.15) is 0 Å². The molecule has 0 radical (unpaired) electrons. The lowest BCUT2D eigenvalue weighted by Crippen LogP contribution is -2.44. The third-order valence-corrected chi connectivity index (χ3v) is 4.45. The second-order valence-electron chi connectivity index (χ2n) is 6.03. The van der Waals surface area contributed by atoms with E-state index >= 15 is 0 Å². The largest absolute Gasteiger partial charge is 0.491 e. The monoisotopic (exact) mass is 307 g/mol. The SMILES string of the molecule is CC[C@@H]1CCCCN1C[C@@H](O)COc1ccc2c(c1)OCO2. The molecule has 0 unspecified atom stereocenters. The highest BCUT2D eigenvalue weighted by Crippen LogP contribution is 2.35. The molecule has 2 aliphatic rings. The number of ether oxygens (including phenoxy) is 3. The molecule has 1 N–H and O–H groups in total. The highest BCUT2D eigenvalue weighted by atomic mass is 16.7. The molecule has 0 aromatic heterocycles. The van der Waals surface area contributed by atoms with Crippen LogP contribution in [0.4, 0.5) is 0 Å². The molecule has 2 heterocycles. The van der Waals surface area contributed by atoms with Crippen LogP contribution in [0.25, 0.3) is 0 Å². The number of nitrogens with zero attached hydrogens (tertiary/aromatic N) is 1. The van der Waals surface area contributed by atoms with Crippen LogP contribution in [0.5, 0.6) is 17.2 Å². The van der Waals surface area contributed by atoms with E-state index in [1.165, 1.54) is 19.3 Å². The van der Waals surface area contributed by atoms with E-state index in [0.29, 0.717) is 30.7 Å². The number of aliphatic hydroxyl groups excluding tert-OH is 1. The lowest BCUT2D eigenvalue weighted by Gasteiger charge is -2.36. The van der Waals surface area contributed by atoms with E-state index in [2.05, 4.69) is 11.8 Å². The van der Waals surface area contributed by atoms with Gasteiger partial charge in [-0.15, -0.1) is 0 Å². The van der Waals surface area contributed by atoms with Gasteiger partial charge >= 0.3 is 0 Å². The zero-order valence-electron chi connectivity index (χ0n) is 13.2. The van der Waals surface area contributed by atoms with Crippen LogP contribution in [0.1, 0.15) is 32.6 Å². The summed E-state index contributed by atoms with van der Waals surface area (Å²) in [5, 5.41) is 10.2. The van der Waals surface area contributed by atoms with Crippen LogP contribution in [0.2, 0.25) is 0 Å². The molecule has 1 fully saturated rings. The summed E-state index contributed by atoms with van der Waals surface area (Å²) in [6, 6.07) is 6.09. The fourth-order valence-corrected chi connectivity index (χ4v) is 3.25. The highest BCUT2D eigenvalue weighted by Gasteiger charge is 2.23. The molecule has 3 rings (SSSR count). The average Bonchev–Trinajstić information content (AvgIpc) is 3.01. The molecule has 0 bridgehead atoms. The van der Waals surface area contributed by atoms with Crippen molar-refractivity contribution in [1.82, 2.24) is 4.90 Å². The summed E-state index contributed by atoms with van der Waals surface area (Å²) >= 11 is 0. The number of fused-ring (bicyclic) bond motifs is 1. The molecule has 1 aromatic carbocycles. The predicted octanol–water partition coefficient (Wildman–Crippen LogP) is 2.42. The maximum absolute atomic E-state index is 10.2. The van der Waals surface area contributed by atoms with Crippen LogP contribution in [-0.2, 0) is 0 Å². The van der Waals surface area contributed by atoms with Crippen LogP contribution in [0.15, 0.2) is 18.2 Å². The van der Waals surface area contributed by atoms with Crippen LogP contribution in [-0.4, -0.2) is 48.6 Å². The Bertz CT molecular complexity index is 494. The molecule has 1 saturated heterocycles. The minimum absolute atomic E-state index is 0.259. The Morgan fingerprint density at radius 3 is 3.05 bits per heavy atom. The number of rotatable bonds is 6. The zero-order valence-corrected chi connectivity index (χ0v) is 13.2. The first kappa shape index (κ1) is 15.4. The number of piperidine rings is 1. The van der Waals surface area contributed by atoms with Gasteiger partial charge in [-0.25, -0.2) is 0 Å². The third kappa shape index (κ3) is 3.65. The van der Waals surface area contributed by atoms with E-state index in [9.17, 15) is 5.11 Å². The smallest absolute Gasteiger partial charge is 0.231 e. The Morgan fingerprint density at radius 2 is 2.18 bits per heavy atom. The van der Waals surface area contributed by atoms with Crippen LogP contribution in [0, 0.1) is 0 Å². The molecule has 22 heavy (non-hydrogen) atoms. The minimum Gasteiger partial charge on any atom is -0.491 e. The van der Waals surface area contributed by atoms with Gasteiger partial charge in [0.1, 0.15) is 18.5 Å². The zero-order chi connectivity index (χ0) is 15.4. The van der Waals surface area contributed by atoms with E-state index in [1.807, 2.05) is 18.2 Å². The Morgan fingerprint density at radius 1 is 1.32 bits per heavy atom. The van der Waals surface area contributed by atoms with E-state index in [4.69, 9.17) is 14.2 Å². The Labute approximate surface area is 131 Å². The molecule has 5 heteroatoms. The van der Waals surface area contributed by atoms with Crippen molar-refractivity contribution in [2.45, 2.75) is 44.8 Å². The second kappa shape index (κ2) is 7.20. The first-order chi connectivity index (χ1) is 10.8. The van der Waals surface area contributed by atoms with Crippen molar-refractivity contribution >= 4 is 0 Å². The highest BCUT2D eigenvalue weighted by molar-refractivity contribution is 5.46. The van der Waals surface area contributed by atoms with Gasteiger partial charge in [-0.1, -0.05) is 13.3 Å². The van der Waals surface area contributed by atoms with Gasteiger partial charge in [0.2, 0.25) is 6.79 Å². The van der Waals surface area contributed by atoms with E-state index in [-0.39, 0.29) is 6.79 Å². The van der Waals surface area contributed by atoms with Crippen molar-refractivity contribution in [2.24, 2.45) is 0 Å². The van der Waals surface area contributed by atoms with Gasteiger partial charge in [-0.05, 0) is 37.9 Å². The van der Waals surface area contributed by atoms with E-state index < -0.39 is 6.10 Å². The molecule has 2 atom stereocenters. The summed E-state index contributed by atoms with van der Waals surface area (Å²) in [6.07, 6.45) is 4.45. The quantitative estimate of drug-likeness (QED) is 0.875. The fourth-order valence-electron chi connectivity index (χ4n) is 3.25. The molecule has 0 amide bonds. The molecule has 1 aromatic rings. The topological polar surface area (TPSA) is 51.2 Å².